The van der Waals surface area contributed by atoms with Gasteiger partial charge in [0, 0.05) is 18.3 Å². The van der Waals surface area contributed by atoms with Crippen LogP contribution in [0.2, 0.25) is 0 Å². The summed E-state index contributed by atoms with van der Waals surface area (Å²) < 4.78 is 10.8. The number of aliphatic carboxylic acids is 1. The van der Waals surface area contributed by atoms with Crippen molar-refractivity contribution in [2.75, 3.05) is 13.2 Å². The lowest BCUT2D eigenvalue weighted by Crippen LogP contribution is -2.67. The van der Waals surface area contributed by atoms with Crippen molar-refractivity contribution in [3.8, 4) is 0 Å². The summed E-state index contributed by atoms with van der Waals surface area (Å²) >= 11 is 0. The van der Waals surface area contributed by atoms with Gasteiger partial charge in [0.05, 0.1) is 0 Å². The Morgan fingerprint density at radius 2 is 1.88 bits per heavy atom. The number of aryl methyl sites for hydroxylation is 1. The van der Waals surface area contributed by atoms with Gasteiger partial charge in [0.15, 0.2) is 12.3 Å². The second-order valence-corrected chi connectivity index (χ2v) is 9.72. The Labute approximate surface area is 235 Å². The van der Waals surface area contributed by atoms with Gasteiger partial charge in [-0.25, -0.2) is 14.4 Å². The van der Waals surface area contributed by atoms with Crippen LogP contribution in [0, 0.1) is 6.92 Å². The van der Waals surface area contributed by atoms with Crippen LogP contribution in [0.5, 0.6) is 0 Å². The summed E-state index contributed by atoms with van der Waals surface area (Å²) in [6.07, 6.45) is -10.1. The quantitative estimate of drug-likeness (QED) is 0.113. The predicted octanol–water partition coefficient (Wildman–Crippen LogP) is -5.66. The molecule has 3 amide bonds. The first kappa shape index (κ1) is 32.4. The molecule has 7 unspecified atom stereocenters. The van der Waals surface area contributed by atoms with Crippen LogP contribution < -0.4 is 28.0 Å². The summed E-state index contributed by atoms with van der Waals surface area (Å²) in [6.45, 7) is 1.88. The fourth-order valence-electron chi connectivity index (χ4n) is 4.55. The van der Waals surface area contributed by atoms with E-state index < -0.39 is 96.6 Å². The highest BCUT2D eigenvalue weighted by Crippen LogP contribution is 2.33. The number of carboxylic acid groups (broad SMARTS) is 1. The summed E-state index contributed by atoms with van der Waals surface area (Å²) in [6, 6.07) is -5.37. The Morgan fingerprint density at radius 1 is 1.24 bits per heavy atom. The Balaban J connectivity index is 1.94. The summed E-state index contributed by atoms with van der Waals surface area (Å²) in [5.41, 5.74) is 9.16. The SMILES string of the molecule is C/C=C1\CN(C(=O)[C@@H](NC(=O)C(N)C(O)C(O)COC(N)=O)C2OC(n3cc(C)c(=O)[nH]c3=O)C(O)C2O)[C@H]1C(=O)O. The topological polar surface area (TPSA) is 310 Å². The van der Waals surface area contributed by atoms with Gasteiger partial charge in [0.1, 0.15) is 49.2 Å². The van der Waals surface area contributed by atoms with Crippen molar-refractivity contribution >= 4 is 23.9 Å². The van der Waals surface area contributed by atoms with Gasteiger partial charge in [-0.15, -0.1) is 0 Å². The Kier molecular flexibility index (Phi) is 9.86. The number of hydrogen-bond donors (Lipinski definition) is 9. The van der Waals surface area contributed by atoms with E-state index in [1.807, 2.05) is 4.98 Å². The van der Waals surface area contributed by atoms with Gasteiger partial charge in [-0.1, -0.05) is 6.08 Å². The smallest absolute Gasteiger partial charge is 0.404 e. The fraction of sp³-hybridized carbons (Fsp3) is 0.565. The molecular weight excluding hydrogens is 568 g/mol. The minimum Gasteiger partial charge on any atom is -0.479 e. The standard InChI is InChI=1S/C23H32N6O13/c1-3-8-5-28(12(8)21(37)38)19(36)11(26-18(35)10(24)13(31)9(30)6-41-22(25)39)16-14(32)15(33)20(42-16)29-4-7(2)17(34)27-23(29)40/h3-4,9-16,20,30-33H,5-6,24H2,1-2H3,(H2,25,39)(H,26,35)(H,37,38)(H,27,34,40)/b8-3+/t9?,10?,11-,12+,13?,14?,15?,16?,20?/m0/s1. The van der Waals surface area contributed by atoms with Crippen molar-refractivity contribution in [3.63, 3.8) is 0 Å². The molecule has 0 aliphatic carbocycles. The lowest BCUT2D eigenvalue weighted by atomic mass is 9.92. The first-order valence-electron chi connectivity index (χ1n) is 12.5. The number of carbonyl (C=O) groups excluding carboxylic acids is 3. The third-order valence-electron chi connectivity index (χ3n) is 6.95. The lowest BCUT2D eigenvalue weighted by molar-refractivity contribution is -0.157. The van der Waals surface area contributed by atoms with Gasteiger partial charge in [-0.2, -0.15) is 0 Å². The van der Waals surface area contributed by atoms with Crippen molar-refractivity contribution in [1.82, 2.24) is 19.8 Å². The number of aromatic nitrogens is 2. The number of carboxylic acids is 1. The molecule has 1 aromatic rings. The number of H-pyrrole nitrogens is 1. The number of aliphatic hydroxyl groups excluding tert-OH is 4. The molecule has 0 aromatic carbocycles. The largest absolute Gasteiger partial charge is 0.479 e. The summed E-state index contributed by atoms with van der Waals surface area (Å²) in [4.78, 5) is 76.2. The molecular formula is C23H32N6O13. The van der Waals surface area contributed by atoms with Gasteiger partial charge in [-0.3, -0.25) is 23.9 Å². The maximum absolute atomic E-state index is 13.6. The van der Waals surface area contributed by atoms with Crippen LogP contribution in [-0.2, 0) is 23.9 Å². The maximum atomic E-state index is 13.6. The van der Waals surface area contributed by atoms with E-state index in [-0.39, 0.29) is 12.1 Å². The lowest BCUT2D eigenvalue weighted by Gasteiger charge is -2.43. The van der Waals surface area contributed by atoms with E-state index in [0.29, 0.717) is 5.57 Å². The number of aromatic amines is 1. The summed E-state index contributed by atoms with van der Waals surface area (Å²) in [5, 5.41) is 53.6. The number of carbonyl (C=O) groups is 4. The zero-order valence-corrected chi connectivity index (χ0v) is 22.3. The van der Waals surface area contributed by atoms with Crippen molar-refractivity contribution in [1.29, 1.82) is 0 Å². The second-order valence-electron chi connectivity index (χ2n) is 9.72. The van der Waals surface area contributed by atoms with E-state index >= 15 is 0 Å². The zero-order chi connectivity index (χ0) is 31.6. The number of primary amides is 1. The van der Waals surface area contributed by atoms with E-state index in [4.69, 9.17) is 16.2 Å². The van der Waals surface area contributed by atoms with Crippen molar-refractivity contribution in [3.05, 3.63) is 44.2 Å². The van der Waals surface area contributed by atoms with Crippen LogP contribution >= 0.6 is 0 Å². The molecule has 11 N–H and O–H groups in total. The molecule has 0 radical (unpaired) electrons. The number of amides is 3. The first-order chi connectivity index (χ1) is 19.6. The van der Waals surface area contributed by atoms with Crippen molar-refractivity contribution in [2.24, 2.45) is 11.5 Å². The van der Waals surface area contributed by atoms with Crippen LogP contribution in [0.15, 0.2) is 27.4 Å². The molecule has 2 aliphatic heterocycles. The van der Waals surface area contributed by atoms with E-state index in [1.165, 1.54) is 13.0 Å². The highest BCUT2D eigenvalue weighted by atomic mass is 16.6. The van der Waals surface area contributed by atoms with Crippen LogP contribution in [0.4, 0.5) is 4.79 Å². The molecule has 9 atom stereocenters. The minimum absolute atomic E-state index is 0.0341. The van der Waals surface area contributed by atoms with E-state index in [0.717, 1.165) is 15.7 Å². The number of aliphatic hydroxyl groups is 4. The number of hydrogen-bond acceptors (Lipinski definition) is 13. The number of nitrogens with two attached hydrogens (primary N) is 2. The van der Waals surface area contributed by atoms with Crippen LogP contribution in [-0.4, -0.2) is 126 Å². The number of nitrogens with one attached hydrogen (secondary N) is 2. The third kappa shape index (κ3) is 6.35. The average molecular weight is 601 g/mol. The van der Waals surface area contributed by atoms with Gasteiger partial charge >= 0.3 is 17.8 Å². The Hall–Kier alpha value is -4.14. The molecule has 232 valence electrons. The van der Waals surface area contributed by atoms with E-state index in [2.05, 4.69) is 10.1 Å². The first-order valence-corrected chi connectivity index (χ1v) is 12.5. The number of nitrogens with zero attached hydrogens (tertiary/aromatic N) is 2. The van der Waals surface area contributed by atoms with Crippen molar-refractivity contribution in [2.45, 2.75) is 68.7 Å². The van der Waals surface area contributed by atoms with Crippen LogP contribution in [0.25, 0.3) is 0 Å². The number of rotatable bonds is 10. The van der Waals surface area contributed by atoms with Gasteiger partial charge in [0.2, 0.25) is 11.8 Å². The average Bonchev–Trinajstić information content (AvgIpc) is 3.19. The second kappa shape index (κ2) is 12.8. The van der Waals surface area contributed by atoms with E-state index in [1.54, 1.807) is 6.92 Å². The molecule has 1 aromatic heterocycles. The van der Waals surface area contributed by atoms with E-state index in [9.17, 15) is 54.3 Å². The highest BCUT2D eigenvalue weighted by Gasteiger charge is 2.53. The monoisotopic (exact) mass is 600 g/mol. The van der Waals surface area contributed by atoms with Gasteiger partial charge in [-0.05, 0) is 19.4 Å². The molecule has 3 heterocycles. The molecule has 19 nitrogen and oxygen atoms in total. The normalized spacial score (nSPS) is 27.5. The fourth-order valence-corrected chi connectivity index (χ4v) is 4.55. The maximum Gasteiger partial charge on any atom is 0.404 e. The minimum atomic E-state index is -2.07. The molecule has 0 bridgehead atoms. The summed E-state index contributed by atoms with van der Waals surface area (Å²) in [7, 11) is 0. The molecule has 0 spiro atoms. The molecule has 0 saturated carbocycles. The van der Waals surface area contributed by atoms with Gasteiger partial charge < -0.3 is 56.7 Å². The predicted molar refractivity (Wildman–Crippen MR) is 136 cm³/mol. The Bertz CT molecular complexity index is 1380. The third-order valence-corrected chi connectivity index (χ3v) is 6.95. The van der Waals surface area contributed by atoms with Gasteiger partial charge in [0.25, 0.3) is 5.56 Å². The molecule has 2 aliphatic rings. The molecule has 2 saturated heterocycles. The van der Waals surface area contributed by atoms with Crippen LogP contribution in [0.1, 0.15) is 18.7 Å². The van der Waals surface area contributed by atoms with Crippen LogP contribution in [0.3, 0.4) is 0 Å². The summed E-state index contributed by atoms with van der Waals surface area (Å²) in [5.74, 6) is -3.80. The molecule has 2 fully saturated rings. The number of allylic oxidation sites excluding steroid dienone is 1. The Morgan fingerprint density at radius 3 is 2.45 bits per heavy atom. The zero-order valence-electron chi connectivity index (χ0n) is 22.3. The molecule has 3 rings (SSSR count). The molecule has 19 heteroatoms. The van der Waals surface area contributed by atoms with Crippen molar-refractivity contribution < 1.29 is 54.2 Å². The number of likely N-dealkylation sites (tertiary alicyclic amines) is 1. The number of ether oxygens (including phenoxy) is 2. The molecule has 42 heavy (non-hydrogen) atoms. The highest BCUT2D eigenvalue weighted by molar-refractivity contribution is 5.95.